The lowest BCUT2D eigenvalue weighted by molar-refractivity contribution is -0.139. The molecule has 0 aliphatic rings. The molecule has 7 nitrogen and oxygen atoms in total. The monoisotopic (exact) mass is 521 g/mol. The fraction of sp³-hybridized carbons (Fsp3) is 0.310. The van der Waals surface area contributed by atoms with Gasteiger partial charge in [-0.05, 0) is 62.1 Å². The molecule has 0 bridgehead atoms. The summed E-state index contributed by atoms with van der Waals surface area (Å²) in [6, 6.07) is 22.0. The van der Waals surface area contributed by atoms with Crippen molar-refractivity contribution in [1.82, 2.24) is 10.2 Å². The van der Waals surface area contributed by atoms with Crippen molar-refractivity contribution in [3.05, 3.63) is 95.6 Å². The van der Waals surface area contributed by atoms with Crippen molar-refractivity contribution < 1.29 is 18.0 Å². The van der Waals surface area contributed by atoms with E-state index in [1.807, 2.05) is 44.2 Å². The number of carbonyl (C=O) groups excluding carboxylic acids is 2. The molecule has 37 heavy (non-hydrogen) atoms. The predicted octanol–water partition coefficient (Wildman–Crippen LogP) is 4.44. The van der Waals surface area contributed by atoms with E-state index in [2.05, 4.69) is 5.32 Å². The molecule has 0 fully saturated rings. The number of amides is 2. The summed E-state index contributed by atoms with van der Waals surface area (Å²) in [6.45, 7) is 7.60. The summed E-state index contributed by atoms with van der Waals surface area (Å²) in [7, 11) is -4.06. The zero-order valence-corrected chi connectivity index (χ0v) is 22.7. The van der Waals surface area contributed by atoms with Gasteiger partial charge in [0.25, 0.3) is 10.0 Å². The fourth-order valence-corrected chi connectivity index (χ4v) is 5.53. The zero-order chi connectivity index (χ0) is 27.0. The second-order valence-electron chi connectivity index (χ2n) is 9.03. The third-order valence-corrected chi connectivity index (χ3v) is 8.09. The van der Waals surface area contributed by atoms with E-state index in [1.165, 1.54) is 17.0 Å². The van der Waals surface area contributed by atoms with Crippen molar-refractivity contribution in [2.45, 2.75) is 51.6 Å². The summed E-state index contributed by atoms with van der Waals surface area (Å²) < 4.78 is 28.7. The summed E-state index contributed by atoms with van der Waals surface area (Å²) in [5.74, 6) is -0.748. The van der Waals surface area contributed by atoms with Crippen LogP contribution in [0.4, 0.5) is 5.69 Å². The van der Waals surface area contributed by atoms with Gasteiger partial charge in [-0.1, -0.05) is 67.6 Å². The highest BCUT2D eigenvalue weighted by Crippen LogP contribution is 2.27. The Morgan fingerprint density at radius 3 is 2.08 bits per heavy atom. The highest BCUT2D eigenvalue weighted by atomic mass is 32.2. The van der Waals surface area contributed by atoms with Crippen LogP contribution in [0.25, 0.3) is 0 Å². The first-order valence-electron chi connectivity index (χ1n) is 12.4. The Morgan fingerprint density at radius 2 is 1.46 bits per heavy atom. The molecular weight excluding hydrogens is 486 g/mol. The number of anilines is 1. The number of para-hydroxylation sites is 1. The molecule has 0 radical (unpaired) electrons. The number of hydrogen-bond donors (Lipinski definition) is 1. The van der Waals surface area contributed by atoms with Gasteiger partial charge >= 0.3 is 0 Å². The quantitative estimate of drug-likeness (QED) is 0.404. The van der Waals surface area contributed by atoms with Crippen LogP contribution in [0.1, 0.15) is 37.0 Å². The Morgan fingerprint density at radius 1 is 0.865 bits per heavy atom. The van der Waals surface area contributed by atoms with Gasteiger partial charge in [-0.15, -0.1) is 0 Å². The van der Waals surface area contributed by atoms with Crippen LogP contribution in [0.5, 0.6) is 0 Å². The Kier molecular flexibility index (Phi) is 9.47. The van der Waals surface area contributed by atoms with E-state index in [-0.39, 0.29) is 17.3 Å². The van der Waals surface area contributed by atoms with Gasteiger partial charge in [0.15, 0.2) is 0 Å². The lowest BCUT2D eigenvalue weighted by atomic mass is 10.1. The van der Waals surface area contributed by atoms with Crippen molar-refractivity contribution in [2.24, 2.45) is 0 Å². The maximum Gasteiger partial charge on any atom is 0.264 e. The summed E-state index contributed by atoms with van der Waals surface area (Å²) in [5, 5.41) is 2.85. The van der Waals surface area contributed by atoms with Crippen molar-refractivity contribution in [3.8, 4) is 0 Å². The van der Waals surface area contributed by atoms with Gasteiger partial charge in [0.05, 0.1) is 10.6 Å². The van der Waals surface area contributed by atoms with Crippen molar-refractivity contribution in [3.63, 3.8) is 0 Å². The minimum atomic E-state index is -4.06. The van der Waals surface area contributed by atoms with Gasteiger partial charge < -0.3 is 10.2 Å². The molecule has 3 aromatic rings. The molecule has 0 unspecified atom stereocenters. The molecule has 1 atom stereocenters. The van der Waals surface area contributed by atoms with Crippen molar-refractivity contribution >= 4 is 27.5 Å². The standard InChI is InChI=1S/C29H35N3O4S/c1-5-19-30-29(34)24(4)31(20-25-15-11-9-13-22(25)2)28(33)21-32(27-18-12-10-14-23(27)3)37(35,36)26-16-7-6-8-17-26/h6-18,24H,5,19-21H2,1-4H3,(H,30,34)/t24-/m0/s1. The third-order valence-electron chi connectivity index (χ3n) is 6.31. The Labute approximate surface area is 220 Å². The van der Waals surface area contributed by atoms with Gasteiger partial charge in [-0.2, -0.15) is 0 Å². The molecule has 3 rings (SSSR count). The normalized spacial score (nSPS) is 12.0. The second kappa shape index (κ2) is 12.5. The van der Waals surface area contributed by atoms with E-state index >= 15 is 0 Å². The molecule has 1 N–H and O–H groups in total. The largest absolute Gasteiger partial charge is 0.354 e. The molecule has 0 heterocycles. The number of aryl methyl sites for hydroxylation is 2. The van der Waals surface area contributed by atoms with Gasteiger partial charge in [-0.3, -0.25) is 13.9 Å². The first kappa shape index (κ1) is 27.9. The molecule has 0 aromatic heterocycles. The minimum absolute atomic E-state index is 0.0882. The van der Waals surface area contributed by atoms with Crippen LogP contribution in [0, 0.1) is 13.8 Å². The maximum absolute atomic E-state index is 13.9. The van der Waals surface area contributed by atoms with E-state index in [0.29, 0.717) is 17.8 Å². The van der Waals surface area contributed by atoms with Crippen LogP contribution >= 0.6 is 0 Å². The molecule has 3 aromatic carbocycles. The van der Waals surface area contributed by atoms with E-state index < -0.39 is 28.5 Å². The minimum Gasteiger partial charge on any atom is -0.354 e. The molecule has 196 valence electrons. The smallest absolute Gasteiger partial charge is 0.264 e. The molecule has 0 aliphatic heterocycles. The SMILES string of the molecule is CCCNC(=O)[C@H](C)N(Cc1ccccc1C)C(=O)CN(c1ccccc1C)S(=O)(=O)c1ccccc1. The molecule has 0 saturated carbocycles. The van der Waals surface area contributed by atoms with Crippen LogP contribution in [-0.2, 0) is 26.2 Å². The Bertz CT molecular complexity index is 1330. The Hall–Kier alpha value is -3.65. The van der Waals surface area contributed by atoms with Crippen LogP contribution in [0.15, 0.2) is 83.8 Å². The first-order chi connectivity index (χ1) is 17.7. The number of nitrogens with one attached hydrogen (secondary N) is 1. The molecule has 2 amide bonds. The lowest BCUT2D eigenvalue weighted by Gasteiger charge is -2.32. The van der Waals surface area contributed by atoms with E-state index in [0.717, 1.165) is 21.9 Å². The van der Waals surface area contributed by atoms with Gasteiger partial charge in [0.2, 0.25) is 11.8 Å². The molecular formula is C29H35N3O4S. The molecule has 8 heteroatoms. The first-order valence-corrected chi connectivity index (χ1v) is 13.9. The van der Waals surface area contributed by atoms with E-state index in [1.54, 1.807) is 50.2 Å². The van der Waals surface area contributed by atoms with Gasteiger partial charge in [0, 0.05) is 13.1 Å². The van der Waals surface area contributed by atoms with E-state index in [9.17, 15) is 18.0 Å². The lowest BCUT2D eigenvalue weighted by Crippen LogP contribution is -2.51. The highest BCUT2D eigenvalue weighted by molar-refractivity contribution is 7.92. The second-order valence-corrected chi connectivity index (χ2v) is 10.9. The number of rotatable bonds is 11. The zero-order valence-electron chi connectivity index (χ0n) is 21.8. The topological polar surface area (TPSA) is 86.8 Å². The third kappa shape index (κ3) is 6.77. The van der Waals surface area contributed by atoms with Crippen molar-refractivity contribution in [2.75, 3.05) is 17.4 Å². The predicted molar refractivity (Wildman–Crippen MR) is 147 cm³/mol. The number of hydrogen-bond acceptors (Lipinski definition) is 4. The Balaban J connectivity index is 2.03. The van der Waals surface area contributed by atoms with Crippen LogP contribution in [0.2, 0.25) is 0 Å². The number of sulfonamides is 1. The summed E-state index contributed by atoms with van der Waals surface area (Å²) in [4.78, 5) is 28.4. The average molecular weight is 522 g/mol. The molecule has 0 aliphatic carbocycles. The van der Waals surface area contributed by atoms with Crippen molar-refractivity contribution in [1.29, 1.82) is 0 Å². The number of carbonyl (C=O) groups is 2. The average Bonchev–Trinajstić information content (AvgIpc) is 2.90. The highest BCUT2D eigenvalue weighted by Gasteiger charge is 2.33. The summed E-state index contributed by atoms with van der Waals surface area (Å²) >= 11 is 0. The van der Waals surface area contributed by atoms with Crippen LogP contribution in [-0.4, -0.2) is 44.3 Å². The summed E-state index contributed by atoms with van der Waals surface area (Å²) in [6.07, 6.45) is 0.764. The van der Waals surface area contributed by atoms with Gasteiger partial charge in [0.1, 0.15) is 12.6 Å². The molecule has 0 saturated heterocycles. The number of nitrogens with zero attached hydrogens (tertiary/aromatic N) is 2. The van der Waals surface area contributed by atoms with Gasteiger partial charge in [-0.25, -0.2) is 8.42 Å². The van der Waals surface area contributed by atoms with Crippen LogP contribution < -0.4 is 9.62 Å². The van der Waals surface area contributed by atoms with E-state index in [4.69, 9.17) is 0 Å². The molecule has 0 spiro atoms. The van der Waals surface area contributed by atoms with Crippen LogP contribution in [0.3, 0.4) is 0 Å². The fourth-order valence-electron chi connectivity index (χ4n) is 4.03. The number of benzene rings is 3. The maximum atomic E-state index is 13.9. The summed E-state index contributed by atoms with van der Waals surface area (Å²) in [5.41, 5.74) is 3.00.